The third-order valence-corrected chi connectivity index (χ3v) is 6.24. The number of morpholine rings is 1. The zero-order valence-corrected chi connectivity index (χ0v) is 17.5. The fraction of sp³-hybridized carbons (Fsp3) is 0.524. The first-order valence-electron chi connectivity index (χ1n) is 10.1. The molecule has 2 atom stereocenters. The number of hydrogen-bond donors (Lipinski definition) is 1. The smallest absolute Gasteiger partial charge is 0.170 e. The van der Waals surface area contributed by atoms with E-state index in [4.69, 9.17) is 17.0 Å². The molecule has 0 amide bonds. The van der Waals surface area contributed by atoms with E-state index in [0.717, 1.165) is 56.6 Å². The van der Waals surface area contributed by atoms with E-state index >= 15 is 0 Å². The summed E-state index contributed by atoms with van der Waals surface area (Å²) in [6.45, 7) is 7.90. The van der Waals surface area contributed by atoms with Crippen molar-refractivity contribution in [2.75, 3.05) is 39.4 Å². The van der Waals surface area contributed by atoms with Crippen LogP contribution in [0.25, 0.3) is 0 Å². The van der Waals surface area contributed by atoms with Crippen LogP contribution in [-0.2, 0) is 11.8 Å². The summed E-state index contributed by atoms with van der Waals surface area (Å²) in [6, 6.07) is 10.7. The molecule has 6 nitrogen and oxygen atoms in total. The van der Waals surface area contributed by atoms with Crippen molar-refractivity contribution in [3.05, 3.63) is 53.6 Å². The molecule has 0 aromatic carbocycles. The number of ether oxygens (including phenoxy) is 1. The highest BCUT2D eigenvalue weighted by atomic mass is 32.1. The Hall–Kier alpha value is -1.96. The second-order valence-electron chi connectivity index (χ2n) is 7.59. The molecule has 2 fully saturated rings. The Kier molecular flexibility index (Phi) is 5.94. The molecule has 2 aromatic heterocycles. The van der Waals surface area contributed by atoms with Crippen LogP contribution in [0, 0.1) is 6.92 Å². The Morgan fingerprint density at radius 2 is 2.00 bits per heavy atom. The molecule has 0 saturated carbocycles. The van der Waals surface area contributed by atoms with E-state index in [9.17, 15) is 0 Å². The van der Waals surface area contributed by atoms with Gasteiger partial charge in [0.25, 0.3) is 0 Å². The van der Waals surface area contributed by atoms with Gasteiger partial charge >= 0.3 is 0 Å². The highest BCUT2D eigenvalue weighted by Gasteiger charge is 2.40. The quantitative estimate of drug-likeness (QED) is 0.753. The van der Waals surface area contributed by atoms with Crippen molar-refractivity contribution in [2.24, 2.45) is 7.05 Å². The van der Waals surface area contributed by atoms with Crippen molar-refractivity contribution in [3.8, 4) is 0 Å². The predicted molar refractivity (Wildman–Crippen MR) is 114 cm³/mol. The van der Waals surface area contributed by atoms with E-state index < -0.39 is 0 Å². The summed E-state index contributed by atoms with van der Waals surface area (Å²) in [7, 11) is 2.13. The molecule has 2 aromatic rings. The molecule has 2 aliphatic rings. The Balaban J connectivity index is 1.54. The van der Waals surface area contributed by atoms with Crippen LogP contribution < -0.4 is 5.32 Å². The van der Waals surface area contributed by atoms with Gasteiger partial charge in [-0.2, -0.15) is 0 Å². The SMILES string of the molecule is Cc1ccc([C@H]2[C@H](c3ccccn3)NC(=S)N2CCCN2CCOCC2)n1C. The van der Waals surface area contributed by atoms with E-state index in [1.54, 1.807) is 0 Å². The minimum Gasteiger partial charge on any atom is -0.379 e. The summed E-state index contributed by atoms with van der Waals surface area (Å²) in [5, 5.41) is 4.36. The largest absolute Gasteiger partial charge is 0.379 e. The van der Waals surface area contributed by atoms with Crippen molar-refractivity contribution in [2.45, 2.75) is 25.4 Å². The minimum absolute atomic E-state index is 0.0603. The molecular formula is C21H29N5OS. The molecule has 0 aliphatic carbocycles. The standard InChI is InChI=1S/C21H29N5OS/c1-16-7-8-18(24(16)2)20-19(17-6-3-4-9-22-17)23-21(28)26(20)11-5-10-25-12-14-27-15-13-25/h3-4,6-9,19-20H,5,10-15H2,1-2H3,(H,23,28)/t19-,20-/m0/s1. The first-order chi connectivity index (χ1) is 13.6. The van der Waals surface area contributed by atoms with Crippen molar-refractivity contribution in [1.82, 2.24) is 24.7 Å². The molecule has 150 valence electrons. The summed E-state index contributed by atoms with van der Waals surface area (Å²) < 4.78 is 7.73. The van der Waals surface area contributed by atoms with Crippen LogP contribution >= 0.6 is 12.2 Å². The summed E-state index contributed by atoms with van der Waals surface area (Å²) in [4.78, 5) is 9.45. The van der Waals surface area contributed by atoms with E-state index in [1.165, 1.54) is 11.4 Å². The lowest BCUT2D eigenvalue weighted by Crippen LogP contribution is -2.39. The molecule has 2 saturated heterocycles. The third kappa shape index (κ3) is 3.92. The second-order valence-corrected chi connectivity index (χ2v) is 7.97. The number of aryl methyl sites for hydroxylation is 1. The molecule has 0 bridgehead atoms. The van der Waals surface area contributed by atoms with Gasteiger partial charge < -0.3 is 19.5 Å². The molecule has 0 unspecified atom stereocenters. The van der Waals surface area contributed by atoms with Crippen molar-refractivity contribution in [3.63, 3.8) is 0 Å². The van der Waals surface area contributed by atoms with Crippen molar-refractivity contribution >= 4 is 17.3 Å². The van der Waals surface area contributed by atoms with Gasteiger partial charge in [0.05, 0.1) is 31.0 Å². The van der Waals surface area contributed by atoms with Crippen LogP contribution in [0.15, 0.2) is 36.5 Å². The van der Waals surface area contributed by atoms with Gasteiger partial charge in [-0.15, -0.1) is 0 Å². The molecule has 4 heterocycles. The number of hydrogen-bond acceptors (Lipinski definition) is 4. The van der Waals surface area contributed by atoms with E-state index in [2.05, 4.69) is 56.8 Å². The molecule has 1 N–H and O–H groups in total. The first kappa shape index (κ1) is 19.4. The lowest BCUT2D eigenvalue weighted by molar-refractivity contribution is 0.0365. The maximum absolute atomic E-state index is 5.76. The van der Waals surface area contributed by atoms with Gasteiger partial charge in [0.15, 0.2) is 5.11 Å². The maximum atomic E-state index is 5.76. The van der Waals surface area contributed by atoms with E-state index in [-0.39, 0.29) is 12.1 Å². The van der Waals surface area contributed by atoms with Crippen LogP contribution in [0.3, 0.4) is 0 Å². The Bertz CT molecular complexity index is 802. The van der Waals surface area contributed by atoms with Crippen LogP contribution in [0.2, 0.25) is 0 Å². The zero-order valence-electron chi connectivity index (χ0n) is 16.7. The zero-order chi connectivity index (χ0) is 19.5. The van der Waals surface area contributed by atoms with Gasteiger partial charge in [0.1, 0.15) is 0 Å². The summed E-state index contributed by atoms with van der Waals surface area (Å²) in [5.41, 5.74) is 3.55. The lowest BCUT2D eigenvalue weighted by Gasteiger charge is -2.30. The number of thiocarbonyl (C=S) groups is 1. The highest BCUT2D eigenvalue weighted by molar-refractivity contribution is 7.80. The summed E-state index contributed by atoms with van der Waals surface area (Å²) in [5.74, 6) is 0. The Morgan fingerprint density at radius 3 is 2.68 bits per heavy atom. The monoisotopic (exact) mass is 399 g/mol. The molecule has 0 spiro atoms. The maximum Gasteiger partial charge on any atom is 0.170 e. The van der Waals surface area contributed by atoms with E-state index in [1.807, 2.05) is 18.3 Å². The molecular weight excluding hydrogens is 370 g/mol. The van der Waals surface area contributed by atoms with E-state index in [0.29, 0.717) is 0 Å². The van der Waals surface area contributed by atoms with Crippen molar-refractivity contribution < 1.29 is 4.74 Å². The number of pyridine rings is 1. The summed E-state index contributed by atoms with van der Waals surface area (Å²) >= 11 is 5.76. The van der Waals surface area contributed by atoms with Gasteiger partial charge in [0.2, 0.25) is 0 Å². The predicted octanol–water partition coefficient (Wildman–Crippen LogP) is 2.42. The summed E-state index contributed by atoms with van der Waals surface area (Å²) in [6.07, 6.45) is 2.94. The third-order valence-electron chi connectivity index (χ3n) is 5.89. The number of aromatic nitrogens is 2. The van der Waals surface area contributed by atoms with Gasteiger partial charge in [-0.05, 0) is 49.8 Å². The molecule has 7 heteroatoms. The Morgan fingerprint density at radius 1 is 1.18 bits per heavy atom. The number of nitrogens with zero attached hydrogens (tertiary/aromatic N) is 4. The van der Waals surface area contributed by atoms with Gasteiger partial charge in [-0.1, -0.05) is 6.07 Å². The molecule has 28 heavy (non-hydrogen) atoms. The highest BCUT2D eigenvalue weighted by Crippen LogP contribution is 2.38. The minimum atomic E-state index is 0.0603. The van der Waals surface area contributed by atoms with Crippen LogP contribution in [0.1, 0.15) is 35.6 Å². The van der Waals surface area contributed by atoms with Gasteiger partial charge in [-0.25, -0.2) is 0 Å². The van der Waals surface area contributed by atoms with Gasteiger partial charge in [-0.3, -0.25) is 9.88 Å². The molecule has 2 aliphatic heterocycles. The average Bonchev–Trinajstić information content (AvgIpc) is 3.23. The average molecular weight is 400 g/mol. The fourth-order valence-electron chi connectivity index (χ4n) is 4.19. The van der Waals surface area contributed by atoms with Gasteiger partial charge in [0, 0.05) is 50.8 Å². The van der Waals surface area contributed by atoms with Crippen LogP contribution in [0.4, 0.5) is 0 Å². The van der Waals surface area contributed by atoms with Crippen molar-refractivity contribution in [1.29, 1.82) is 0 Å². The molecule has 4 rings (SSSR count). The molecule has 0 radical (unpaired) electrons. The Labute approximate surface area is 172 Å². The lowest BCUT2D eigenvalue weighted by atomic mass is 10.0. The topological polar surface area (TPSA) is 45.6 Å². The first-order valence-corrected chi connectivity index (χ1v) is 10.5. The second kappa shape index (κ2) is 8.59. The van der Waals surface area contributed by atoms with Crippen LogP contribution in [-0.4, -0.2) is 63.9 Å². The van der Waals surface area contributed by atoms with Crippen LogP contribution in [0.5, 0.6) is 0 Å². The normalized spacial score (nSPS) is 23.2. The number of rotatable bonds is 6. The number of nitrogens with one attached hydrogen (secondary N) is 1. The fourth-order valence-corrected chi connectivity index (χ4v) is 4.52.